The Kier molecular flexibility index (Phi) is 8.46. The lowest BCUT2D eigenvalue weighted by atomic mass is 10.2. The fourth-order valence-corrected chi connectivity index (χ4v) is 1.47. The molecule has 0 aliphatic rings. The number of hydrogen-bond acceptors (Lipinski definition) is 2. The van der Waals surface area contributed by atoms with Gasteiger partial charge >= 0.3 is 0 Å². The SMILES string of the molecule is CCCCN(CCCC)C[C@H](C)N. The van der Waals surface area contributed by atoms with Gasteiger partial charge in [-0.3, -0.25) is 0 Å². The molecule has 0 bridgehead atoms. The van der Waals surface area contributed by atoms with Crippen molar-refractivity contribution in [2.45, 2.75) is 52.5 Å². The summed E-state index contributed by atoms with van der Waals surface area (Å²) in [6, 6.07) is 0.314. The minimum Gasteiger partial charge on any atom is -0.327 e. The van der Waals surface area contributed by atoms with Crippen LogP contribution in [0.25, 0.3) is 0 Å². The molecule has 0 saturated heterocycles. The van der Waals surface area contributed by atoms with Crippen molar-refractivity contribution in [3.8, 4) is 0 Å². The first-order valence-electron chi connectivity index (χ1n) is 5.68. The van der Waals surface area contributed by atoms with Gasteiger partial charge in [-0.2, -0.15) is 0 Å². The van der Waals surface area contributed by atoms with Gasteiger partial charge in [-0.1, -0.05) is 26.7 Å². The zero-order chi connectivity index (χ0) is 10.1. The van der Waals surface area contributed by atoms with Crippen molar-refractivity contribution in [3.63, 3.8) is 0 Å². The third-order valence-corrected chi connectivity index (χ3v) is 2.20. The molecular formula is C11H26N2. The monoisotopic (exact) mass is 186 g/mol. The summed E-state index contributed by atoms with van der Waals surface area (Å²) in [4.78, 5) is 2.50. The smallest absolute Gasteiger partial charge is 0.0139 e. The molecule has 2 nitrogen and oxygen atoms in total. The quantitative estimate of drug-likeness (QED) is 0.630. The lowest BCUT2D eigenvalue weighted by molar-refractivity contribution is 0.253. The first kappa shape index (κ1) is 12.9. The van der Waals surface area contributed by atoms with Crippen molar-refractivity contribution >= 4 is 0 Å². The Bertz CT molecular complexity index is 94.3. The van der Waals surface area contributed by atoms with Crippen LogP contribution >= 0.6 is 0 Å². The van der Waals surface area contributed by atoms with E-state index in [1.165, 1.54) is 38.8 Å². The van der Waals surface area contributed by atoms with E-state index in [0.29, 0.717) is 6.04 Å². The first-order chi connectivity index (χ1) is 6.20. The zero-order valence-electron chi connectivity index (χ0n) is 9.55. The van der Waals surface area contributed by atoms with Gasteiger partial charge in [0.05, 0.1) is 0 Å². The molecule has 80 valence electrons. The van der Waals surface area contributed by atoms with Crippen LogP contribution < -0.4 is 5.73 Å². The van der Waals surface area contributed by atoms with Crippen LogP contribution in [0.5, 0.6) is 0 Å². The Hall–Kier alpha value is -0.0800. The Balaban J connectivity index is 3.60. The summed E-state index contributed by atoms with van der Waals surface area (Å²) in [5, 5.41) is 0. The molecule has 0 aliphatic carbocycles. The van der Waals surface area contributed by atoms with Gasteiger partial charge < -0.3 is 10.6 Å². The summed E-state index contributed by atoms with van der Waals surface area (Å²) in [5.74, 6) is 0. The summed E-state index contributed by atoms with van der Waals surface area (Å²) in [7, 11) is 0. The highest BCUT2D eigenvalue weighted by Gasteiger charge is 2.05. The van der Waals surface area contributed by atoms with E-state index in [-0.39, 0.29) is 0 Å². The largest absolute Gasteiger partial charge is 0.327 e. The van der Waals surface area contributed by atoms with Crippen LogP contribution in [0.15, 0.2) is 0 Å². The van der Waals surface area contributed by atoms with E-state index in [2.05, 4.69) is 25.7 Å². The molecule has 0 fully saturated rings. The number of nitrogens with two attached hydrogens (primary N) is 1. The van der Waals surface area contributed by atoms with Crippen molar-refractivity contribution in [2.75, 3.05) is 19.6 Å². The number of unbranched alkanes of at least 4 members (excludes halogenated alkanes) is 2. The lowest BCUT2D eigenvalue weighted by Crippen LogP contribution is -2.36. The van der Waals surface area contributed by atoms with Gasteiger partial charge in [0, 0.05) is 12.6 Å². The van der Waals surface area contributed by atoms with Gasteiger partial charge in [0.2, 0.25) is 0 Å². The fraction of sp³-hybridized carbons (Fsp3) is 1.00. The molecule has 0 aliphatic heterocycles. The van der Waals surface area contributed by atoms with Crippen LogP contribution in [0.2, 0.25) is 0 Å². The van der Waals surface area contributed by atoms with Gasteiger partial charge in [-0.15, -0.1) is 0 Å². The Morgan fingerprint density at radius 2 is 1.54 bits per heavy atom. The summed E-state index contributed by atoms with van der Waals surface area (Å²) in [6.45, 7) is 10.1. The summed E-state index contributed by atoms with van der Waals surface area (Å²) in [6.07, 6.45) is 5.16. The predicted octanol–water partition coefficient (Wildman–Crippen LogP) is 2.24. The van der Waals surface area contributed by atoms with E-state index < -0.39 is 0 Å². The van der Waals surface area contributed by atoms with Crippen LogP contribution in [-0.2, 0) is 0 Å². The second-order valence-corrected chi connectivity index (χ2v) is 3.98. The van der Waals surface area contributed by atoms with E-state index in [4.69, 9.17) is 5.73 Å². The first-order valence-corrected chi connectivity index (χ1v) is 5.68. The van der Waals surface area contributed by atoms with Gasteiger partial charge in [-0.25, -0.2) is 0 Å². The van der Waals surface area contributed by atoms with Crippen molar-refractivity contribution < 1.29 is 0 Å². The molecule has 0 aromatic heterocycles. The third kappa shape index (κ3) is 8.26. The highest BCUT2D eigenvalue weighted by Crippen LogP contribution is 1.99. The summed E-state index contributed by atoms with van der Waals surface area (Å²) >= 11 is 0. The van der Waals surface area contributed by atoms with E-state index in [0.717, 1.165) is 6.54 Å². The van der Waals surface area contributed by atoms with Crippen LogP contribution in [0.4, 0.5) is 0 Å². The molecule has 1 atom stereocenters. The van der Waals surface area contributed by atoms with Crippen LogP contribution in [-0.4, -0.2) is 30.6 Å². The molecule has 0 aromatic carbocycles. The molecule has 0 rings (SSSR count). The Morgan fingerprint density at radius 3 is 1.85 bits per heavy atom. The van der Waals surface area contributed by atoms with Gasteiger partial charge in [0.1, 0.15) is 0 Å². The van der Waals surface area contributed by atoms with Gasteiger partial charge in [0.25, 0.3) is 0 Å². The molecule has 0 radical (unpaired) electrons. The highest BCUT2D eigenvalue weighted by molar-refractivity contribution is 4.63. The minimum absolute atomic E-state index is 0.314. The standard InChI is InChI=1S/C11H26N2/c1-4-6-8-13(9-7-5-2)10-11(3)12/h11H,4-10,12H2,1-3H3/t11-/m0/s1. The maximum atomic E-state index is 5.80. The van der Waals surface area contributed by atoms with Crippen LogP contribution in [0.1, 0.15) is 46.5 Å². The van der Waals surface area contributed by atoms with Crippen molar-refractivity contribution in [2.24, 2.45) is 5.73 Å². The normalized spacial score (nSPS) is 13.6. The third-order valence-electron chi connectivity index (χ3n) is 2.20. The van der Waals surface area contributed by atoms with Crippen molar-refractivity contribution in [3.05, 3.63) is 0 Å². The Morgan fingerprint density at radius 1 is 1.08 bits per heavy atom. The van der Waals surface area contributed by atoms with Crippen LogP contribution in [0, 0.1) is 0 Å². The second kappa shape index (κ2) is 8.52. The lowest BCUT2D eigenvalue weighted by Gasteiger charge is -2.23. The maximum absolute atomic E-state index is 5.80. The van der Waals surface area contributed by atoms with E-state index in [9.17, 15) is 0 Å². The zero-order valence-corrected chi connectivity index (χ0v) is 9.55. The minimum atomic E-state index is 0.314. The molecule has 0 saturated carbocycles. The molecule has 2 N–H and O–H groups in total. The summed E-state index contributed by atoms with van der Waals surface area (Å²) in [5.41, 5.74) is 5.80. The predicted molar refractivity (Wildman–Crippen MR) is 59.9 cm³/mol. The molecule has 0 unspecified atom stereocenters. The topological polar surface area (TPSA) is 29.3 Å². The van der Waals surface area contributed by atoms with Crippen molar-refractivity contribution in [1.29, 1.82) is 0 Å². The van der Waals surface area contributed by atoms with Crippen LogP contribution in [0.3, 0.4) is 0 Å². The summed E-state index contributed by atoms with van der Waals surface area (Å²) < 4.78 is 0. The number of nitrogens with zero attached hydrogens (tertiary/aromatic N) is 1. The van der Waals surface area contributed by atoms with Gasteiger partial charge in [0.15, 0.2) is 0 Å². The average molecular weight is 186 g/mol. The van der Waals surface area contributed by atoms with E-state index in [1.807, 2.05) is 0 Å². The number of hydrogen-bond donors (Lipinski definition) is 1. The molecule has 0 aromatic rings. The second-order valence-electron chi connectivity index (χ2n) is 3.98. The number of rotatable bonds is 8. The molecule has 0 amide bonds. The van der Waals surface area contributed by atoms with Crippen molar-refractivity contribution in [1.82, 2.24) is 4.90 Å². The Labute approximate surface area is 83.5 Å². The molecular weight excluding hydrogens is 160 g/mol. The van der Waals surface area contributed by atoms with E-state index in [1.54, 1.807) is 0 Å². The average Bonchev–Trinajstić information content (AvgIpc) is 2.09. The van der Waals surface area contributed by atoms with E-state index >= 15 is 0 Å². The highest BCUT2D eigenvalue weighted by atomic mass is 15.1. The maximum Gasteiger partial charge on any atom is 0.0139 e. The molecule has 0 heterocycles. The molecule has 13 heavy (non-hydrogen) atoms. The molecule has 0 spiro atoms. The molecule has 2 heteroatoms. The van der Waals surface area contributed by atoms with Gasteiger partial charge in [-0.05, 0) is 32.9 Å². The fourth-order valence-electron chi connectivity index (χ4n) is 1.47.